The summed E-state index contributed by atoms with van der Waals surface area (Å²) >= 11 is 7.26. The van der Waals surface area contributed by atoms with Gasteiger partial charge < -0.3 is 10.6 Å². The molecule has 0 aliphatic carbocycles. The minimum atomic E-state index is 0.689. The molecule has 0 heterocycles. The van der Waals surface area contributed by atoms with E-state index in [4.69, 9.17) is 12.2 Å². The highest BCUT2D eigenvalue weighted by Gasteiger charge is 2.02. The minimum absolute atomic E-state index is 0.689. The molecule has 2 rings (SSSR count). The summed E-state index contributed by atoms with van der Waals surface area (Å²) in [5.41, 5.74) is 4.95. The first-order valence-corrected chi connectivity index (χ1v) is 8.96. The molecule has 0 radical (unpaired) electrons. The van der Waals surface area contributed by atoms with E-state index in [2.05, 4.69) is 60.9 Å². The molecule has 0 bridgehead atoms. The van der Waals surface area contributed by atoms with Crippen molar-refractivity contribution in [3.8, 4) is 0 Å². The second kappa shape index (κ2) is 8.81. The lowest BCUT2D eigenvalue weighted by Gasteiger charge is -2.13. The molecule has 0 amide bonds. The van der Waals surface area contributed by atoms with E-state index in [9.17, 15) is 0 Å². The summed E-state index contributed by atoms with van der Waals surface area (Å²) in [5.74, 6) is 2.07. The lowest BCUT2D eigenvalue weighted by molar-refractivity contribution is 0.989. The first-order chi connectivity index (χ1) is 10.7. The van der Waals surface area contributed by atoms with Gasteiger partial charge in [0.25, 0.3) is 0 Å². The van der Waals surface area contributed by atoms with Gasteiger partial charge in [-0.2, -0.15) is 11.8 Å². The van der Waals surface area contributed by atoms with E-state index in [0.29, 0.717) is 5.11 Å². The van der Waals surface area contributed by atoms with Gasteiger partial charge in [-0.1, -0.05) is 42.5 Å². The lowest BCUT2D eigenvalue weighted by Crippen LogP contribution is -2.30. The van der Waals surface area contributed by atoms with Crippen LogP contribution in [0.15, 0.2) is 48.5 Å². The van der Waals surface area contributed by atoms with Crippen LogP contribution in [0.2, 0.25) is 0 Å². The molecule has 0 aliphatic rings. The fraction of sp³-hybridized carbons (Fsp3) is 0.278. The maximum atomic E-state index is 5.35. The molecule has 22 heavy (non-hydrogen) atoms. The largest absolute Gasteiger partial charge is 0.362 e. The van der Waals surface area contributed by atoms with Gasteiger partial charge >= 0.3 is 0 Å². The van der Waals surface area contributed by atoms with E-state index in [0.717, 1.165) is 23.7 Å². The van der Waals surface area contributed by atoms with Gasteiger partial charge in [-0.3, -0.25) is 0 Å². The number of thioether (sulfide) groups is 1. The summed E-state index contributed by atoms with van der Waals surface area (Å²) in [7, 11) is 0. The molecule has 4 heteroatoms. The van der Waals surface area contributed by atoms with Gasteiger partial charge in [-0.05, 0) is 48.8 Å². The maximum absolute atomic E-state index is 5.35. The Morgan fingerprint density at radius 2 is 1.82 bits per heavy atom. The molecule has 0 aliphatic heterocycles. The maximum Gasteiger partial charge on any atom is 0.170 e. The van der Waals surface area contributed by atoms with Crippen molar-refractivity contribution in [2.75, 3.05) is 17.6 Å². The Kier molecular flexibility index (Phi) is 6.74. The van der Waals surface area contributed by atoms with Crippen LogP contribution in [0.25, 0.3) is 0 Å². The molecule has 0 spiro atoms. The second-order valence-electron chi connectivity index (χ2n) is 5.17. The van der Waals surface area contributed by atoms with Gasteiger partial charge in [-0.15, -0.1) is 0 Å². The molecular formula is C18H22N2S2. The molecular weight excluding hydrogens is 308 g/mol. The monoisotopic (exact) mass is 330 g/mol. The van der Waals surface area contributed by atoms with Gasteiger partial charge in [0, 0.05) is 23.7 Å². The molecule has 0 atom stereocenters. The van der Waals surface area contributed by atoms with Crippen molar-refractivity contribution in [3.05, 3.63) is 65.2 Å². The standard InChI is InChI=1S/C18H22N2S2/c1-14-7-6-10-17(15(14)2)20-18(21)19-11-12-22-13-16-8-4-3-5-9-16/h3-10H,11-13H2,1-2H3,(H2,19,20,21). The highest BCUT2D eigenvalue weighted by Crippen LogP contribution is 2.17. The van der Waals surface area contributed by atoms with E-state index in [1.807, 2.05) is 23.9 Å². The third-order valence-electron chi connectivity index (χ3n) is 3.50. The Balaban J connectivity index is 1.67. The molecule has 0 fully saturated rings. The molecule has 2 nitrogen and oxygen atoms in total. The average molecular weight is 331 g/mol. The highest BCUT2D eigenvalue weighted by atomic mass is 32.2. The summed E-state index contributed by atoms with van der Waals surface area (Å²) in [6, 6.07) is 16.7. The van der Waals surface area contributed by atoms with Crippen LogP contribution in [-0.4, -0.2) is 17.4 Å². The van der Waals surface area contributed by atoms with Crippen LogP contribution in [0.5, 0.6) is 0 Å². The Hall–Kier alpha value is -1.52. The third-order valence-corrected chi connectivity index (χ3v) is 4.77. The van der Waals surface area contributed by atoms with Crippen molar-refractivity contribution in [2.45, 2.75) is 19.6 Å². The summed E-state index contributed by atoms with van der Waals surface area (Å²) in [6.07, 6.45) is 0. The van der Waals surface area contributed by atoms with E-state index in [1.54, 1.807) is 0 Å². The van der Waals surface area contributed by atoms with E-state index < -0.39 is 0 Å². The second-order valence-corrected chi connectivity index (χ2v) is 6.68. The SMILES string of the molecule is Cc1cccc(NC(=S)NCCSCc2ccccc2)c1C. The zero-order valence-electron chi connectivity index (χ0n) is 13.1. The fourth-order valence-electron chi connectivity index (χ4n) is 2.05. The first-order valence-electron chi connectivity index (χ1n) is 7.39. The Bertz CT molecular complexity index is 612. The normalized spacial score (nSPS) is 10.3. The smallest absolute Gasteiger partial charge is 0.170 e. The zero-order chi connectivity index (χ0) is 15.8. The van der Waals surface area contributed by atoms with Crippen LogP contribution in [0.1, 0.15) is 16.7 Å². The Morgan fingerprint density at radius 3 is 2.59 bits per heavy atom. The Morgan fingerprint density at radius 1 is 1.05 bits per heavy atom. The number of hydrogen-bond donors (Lipinski definition) is 2. The van der Waals surface area contributed by atoms with Crippen LogP contribution in [0.4, 0.5) is 5.69 Å². The number of hydrogen-bond acceptors (Lipinski definition) is 2. The van der Waals surface area contributed by atoms with Gasteiger partial charge in [0.2, 0.25) is 0 Å². The summed E-state index contributed by atoms with van der Waals surface area (Å²) in [6.45, 7) is 5.08. The van der Waals surface area contributed by atoms with Crippen molar-refractivity contribution < 1.29 is 0 Å². The van der Waals surface area contributed by atoms with Gasteiger partial charge in [0.15, 0.2) is 5.11 Å². The number of benzene rings is 2. The number of rotatable bonds is 6. The molecule has 2 N–H and O–H groups in total. The van der Waals surface area contributed by atoms with Crippen molar-refractivity contribution in [3.63, 3.8) is 0 Å². The number of thiocarbonyl (C=S) groups is 1. The van der Waals surface area contributed by atoms with Crippen LogP contribution in [-0.2, 0) is 5.75 Å². The third kappa shape index (κ3) is 5.35. The van der Waals surface area contributed by atoms with Crippen LogP contribution < -0.4 is 10.6 Å². The highest BCUT2D eigenvalue weighted by molar-refractivity contribution is 7.98. The van der Waals surface area contributed by atoms with E-state index >= 15 is 0 Å². The molecule has 0 aromatic heterocycles. The number of nitrogens with one attached hydrogen (secondary N) is 2. The molecule has 2 aromatic rings. The topological polar surface area (TPSA) is 24.1 Å². The van der Waals surface area contributed by atoms with Crippen molar-refractivity contribution in [1.29, 1.82) is 0 Å². The van der Waals surface area contributed by atoms with E-state index in [-0.39, 0.29) is 0 Å². The zero-order valence-corrected chi connectivity index (χ0v) is 14.7. The molecule has 0 saturated carbocycles. The van der Waals surface area contributed by atoms with Crippen molar-refractivity contribution >= 4 is 34.8 Å². The fourth-order valence-corrected chi connectivity index (χ4v) is 3.08. The molecule has 2 aromatic carbocycles. The Labute approximate surface area is 142 Å². The van der Waals surface area contributed by atoms with Gasteiger partial charge in [0.1, 0.15) is 0 Å². The van der Waals surface area contributed by atoms with Crippen LogP contribution in [0, 0.1) is 13.8 Å². The predicted molar refractivity (Wildman–Crippen MR) is 103 cm³/mol. The van der Waals surface area contributed by atoms with Crippen molar-refractivity contribution in [1.82, 2.24) is 5.32 Å². The van der Waals surface area contributed by atoms with Crippen molar-refractivity contribution in [2.24, 2.45) is 0 Å². The average Bonchev–Trinajstić information content (AvgIpc) is 2.52. The van der Waals surface area contributed by atoms with E-state index in [1.165, 1.54) is 16.7 Å². The van der Waals surface area contributed by atoms with Crippen LogP contribution >= 0.6 is 24.0 Å². The number of aryl methyl sites for hydroxylation is 1. The molecule has 116 valence electrons. The quantitative estimate of drug-likeness (QED) is 0.600. The summed E-state index contributed by atoms with van der Waals surface area (Å²) in [5, 5.41) is 7.22. The molecule has 0 unspecified atom stereocenters. The summed E-state index contributed by atoms with van der Waals surface area (Å²) in [4.78, 5) is 0. The summed E-state index contributed by atoms with van der Waals surface area (Å²) < 4.78 is 0. The lowest BCUT2D eigenvalue weighted by atomic mass is 10.1. The number of anilines is 1. The predicted octanol–water partition coefficient (Wildman–Crippen LogP) is 4.52. The minimum Gasteiger partial charge on any atom is -0.362 e. The first kappa shape index (κ1) is 16.8. The van der Waals surface area contributed by atoms with Crippen LogP contribution in [0.3, 0.4) is 0 Å². The molecule has 0 saturated heterocycles. The van der Waals surface area contributed by atoms with Gasteiger partial charge in [-0.25, -0.2) is 0 Å². The van der Waals surface area contributed by atoms with Gasteiger partial charge in [0.05, 0.1) is 0 Å².